The average Bonchev–Trinajstić information content (AvgIpc) is 3.22. The number of likely N-dealkylation sites (tertiary alicyclic amines) is 1. The molecule has 0 aliphatic carbocycles. The van der Waals surface area contributed by atoms with Crippen LogP contribution < -0.4 is 10.1 Å². The Balaban J connectivity index is 1.28. The van der Waals surface area contributed by atoms with Crippen molar-refractivity contribution in [3.8, 4) is 5.75 Å². The average molecular weight is 379 g/mol. The van der Waals surface area contributed by atoms with Crippen LogP contribution in [0.3, 0.4) is 0 Å². The summed E-state index contributed by atoms with van der Waals surface area (Å²) in [4.78, 5) is 15.1. The summed E-state index contributed by atoms with van der Waals surface area (Å²) in [5.74, 6) is 1.31. The third-order valence-electron chi connectivity index (χ3n) is 6.06. The van der Waals surface area contributed by atoms with Crippen LogP contribution in [0.15, 0.2) is 48.5 Å². The summed E-state index contributed by atoms with van der Waals surface area (Å²) in [7, 11) is 0. The summed E-state index contributed by atoms with van der Waals surface area (Å²) in [6, 6.07) is 17.2. The van der Waals surface area contributed by atoms with Crippen molar-refractivity contribution in [2.45, 2.75) is 51.1 Å². The van der Waals surface area contributed by atoms with E-state index in [4.69, 9.17) is 4.74 Å². The standard InChI is InChI=1S/C24H30N2O2/c1-2-22(19-6-4-3-5-7-19)24(27)26-13-10-21(11-14-26)25-17-18-8-9-23-20(16-18)12-15-28-23/h3-9,16,21-22,25H,2,10-15,17H2,1H3. The highest BCUT2D eigenvalue weighted by atomic mass is 16.5. The molecule has 28 heavy (non-hydrogen) atoms. The number of amides is 1. The summed E-state index contributed by atoms with van der Waals surface area (Å²) < 4.78 is 5.58. The number of nitrogens with zero attached hydrogens (tertiary/aromatic N) is 1. The molecule has 1 fully saturated rings. The van der Waals surface area contributed by atoms with Crippen LogP contribution in [0.1, 0.15) is 48.8 Å². The van der Waals surface area contributed by atoms with Crippen molar-refractivity contribution in [3.05, 3.63) is 65.2 Å². The summed E-state index contributed by atoms with van der Waals surface area (Å²) in [6.07, 6.45) is 3.91. The van der Waals surface area contributed by atoms with Gasteiger partial charge in [-0.25, -0.2) is 0 Å². The maximum atomic E-state index is 13.0. The SMILES string of the molecule is CCC(C(=O)N1CCC(NCc2ccc3c(c2)CCO3)CC1)c1ccccc1. The van der Waals surface area contributed by atoms with Crippen LogP contribution in [-0.2, 0) is 17.8 Å². The molecule has 2 aliphatic rings. The summed E-state index contributed by atoms with van der Waals surface area (Å²) >= 11 is 0. The van der Waals surface area contributed by atoms with E-state index in [1.54, 1.807) is 0 Å². The molecule has 0 bridgehead atoms. The Morgan fingerprint density at radius 1 is 1.18 bits per heavy atom. The lowest BCUT2D eigenvalue weighted by Gasteiger charge is -2.34. The summed E-state index contributed by atoms with van der Waals surface area (Å²) in [5, 5.41) is 3.68. The fourth-order valence-corrected chi connectivity index (χ4v) is 4.37. The van der Waals surface area contributed by atoms with Gasteiger partial charge in [-0.2, -0.15) is 0 Å². The maximum Gasteiger partial charge on any atom is 0.230 e. The Morgan fingerprint density at radius 2 is 1.96 bits per heavy atom. The fourth-order valence-electron chi connectivity index (χ4n) is 4.37. The Morgan fingerprint density at radius 3 is 2.71 bits per heavy atom. The number of benzene rings is 2. The molecule has 1 amide bonds. The van der Waals surface area contributed by atoms with Gasteiger partial charge in [-0.05, 0) is 42.0 Å². The van der Waals surface area contributed by atoms with Crippen molar-refractivity contribution >= 4 is 5.91 Å². The minimum atomic E-state index is -0.0145. The highest BCUT2D eigenvalue weighted by molar-refractivity contribution is 5.83. The Bertz CT molecular complexity index is 798. The van der Waals surface area contributed by atoms with Gasteiger partial charge >= 0.3 is 0 Å². The summed E-state index contributed by atoms with van der Waals surface area (Å²) in [6.45, 7) is 5.48. The Hall–Kier alpha value is -2.33. The molecule has 0 aromatic heterocycles. The zero-order chi connectivity index (χ0) is 19.3. The predicted molar refractivity (Wildman–Crippen MR) is 112 cm³/mol. The van der Waals surface area contributed by atoms with Crippen molar-refractivity contribution in [2.75, 3.05) is 19.7 Å². The van der Waals surface area contributed by atoms with Gasteiger partial charge in [-0.15, -0.1) is 0 Å². The van der Waals surface area contributed by atoms with E-state index in [0.29, 0.717) is 6.04 Å². The maximum absolute atomic E-state index is 13.0. The summed E-state index contributed by atoms with van der Waals surface area (Å²) in [5.41, 5.74) is 3.78. The molecule has 1 atom stereocenters. The fraction of sp³-hybridized carbons (Fsp3) is 0.458. The topological polar surface area (TPSA) is 41.6 Å². The number of nitrogens with one attached hydrogen (secondary N) is 1. The molecule has 4 nitrogen and oxygen atoms in total. The smallest absolute Gasteiger partial charge is 0.230 e. The first kappa shape index (κ1) is 19.0. The lowest BCUT2D eigenvalue weighted by atomic mass is 9.93. The van der Waals surface area contributed by atoms with Gasteiger partial charge in [0.1, 0.15) is 5.75 Å². The Kier molecular flexibility index (Phi) is 5.96. The molecule has 2 aromatic rings. The lowest BCUT2D eigenvalue weighted by Crippen LogP contribution is -2.46. The van der Waals surface area contributed by atoms with Gasteiger partial charge in [0.15, 0.2) is 0 Å². The van der Waals surface area contributed by atoms with Crippen LogP contribution in [0.5, 0.6) is 5.75 Å². The van der Waals surface area contributed by atoms with E-state index in [1.807, 2.05) is 18.2 Å². The van der Waals surface area contributed by atoms with Crippen LogP contribution in [0.2, 0.25) is 0 Å². The van der Waals surface area contributed by atoms with E-state index < -0.39 is 0 Å². The number of fused-ring (bicyclic) bond motifs is 1. The Labute approximate surface area is 167 Å². The molecule has 4 rings (SSSR count). The van der Waals surface area contributed by atoms with Crippen LogP contribution in [0, 0.1) is 0 Å². The normalized spacial score (nSPS) is 17.8. The third-order valence-corrected chi connectivity index (χ3v) is 6.06. The van der Waals surface area contributed by atoms with Crippen molar-refractivity contribution in [3.63, 3.8) is 0 Å². The molecular formula is C24H30N2O2. The zero-order valence-electron chi connectivity index (χ0n) is 16.7. The number of piperidine rings is 1. The number of carbonyl (C=O) groups is 1. The molecule has 1 N–H and O–H groups in total. The van der Waals surface area contributed by atoms with Crippen LogP contribution in [0.4, 0.5) is 0 Å². The molecule has 1 unspecified atom stereocenters. The van der Waals surface area contributed by atoms with Crippen LogP contribution >= 0.6 is 0 Å². The quantitative estimate of drug-likeness (QED) is 0.829. The van der Waals surface area contributed by atoms with Gasteiger partial charge in [0.05, 0.1) is 12.5 Å². The van der Waals surface area contributed by atoms with Crippen molar-refractivity contribution in [1.29, 1.82) is 0 Å². The van der Waals surface area contributed by atoms with Gasteiger partial charge < -0.3 is 15.0 Å². The van der Waals surface area contributed by atoms with Gasteiger partial charge in [-0.3, -0.25) is 4.79 Å². The molecule has 2 aromatic carbocycles. The van der Waals surface area contributed by atoms with E-state index >= 15 is 0 Å². The molecule has 4 heteroatoms. The minimum Gasteiger partial charge on any atom is -0.493 e. The van der Waals surface area contributed by atoms with E-state index in [0.717, 1.165) is 63.2 Å². The highest BCUT2D eigenvalue weighted by Crippen LogP contribution is 2.26. The first-order valence-corrected chi connectivity index (χ1v) is 10.6. The van der Waals surface area contributed by atoms with Gasteiger partial charge in [0.25, 0.3) is 0 Å². The van der Waals surface area contributed by atoms with Crippen molar-refractivity contribution in [1.82, 2.24) is 10.2 Å². The third kappa shape index (κ3) is 4.22. The molecule has 1 saturated heterocycles. The van der Waals surface area contributed by atoms with Crippen molar-refractivity contribution in [2.24, 2.45) is 0 Å². The van der Waals surface area contributed by atoms with Gasteiger partial charge in [0, 0.05) is 32.1 Å². The number of carbonyl (C=O) groups excluding carboxylic acids is 1. The molecule has 0 saturated carbocycles. The number of rotatable bonds is 6. The number of hydrogen-bond acceptors (Lipinski definition) is 3. The van der Waals surface area contributed by atoms with Gasteiger partial charge in [-0.1, -0.05) is 49.4 Å². The predicted octanol–water partition coefficient (Wildman–Crippen LogP) is 3.90. The van der Waals surface area contributed by atoms with Gasteiger partial charge in [0.2, 0.25) is 5.91 Å². The molecule has 0 radical (unpaired) electrons. The van der Waals surface area contributed by atoms with E-state index in [2.05, 4.69) is 47.5 Å². The second kappa shape index (κ2) is 8.78. The second-order valence-corrected chi connectivity index (χ2v) is 7.89. The van der Waals surface area contributed by atoms with E-state index in [-0.39, 0.29) is 11.8 Å². The first-order chi connectivity index (χ1) is 13.7. The minimum absolute atomic E-state index is 0.0145. The number of hydrogen-bond donors (Lipinski definition) is 1. The largest absolute Gasteiger partial charge is 0.493 e. The second-order valence-electron chi connectivity index (χ2n) is 7.89. The van der Waals surface area contributed by atoms with Crippen LogP contribution in [0.25, 0.3) is 0 Å². The number of ether oxygens (including phenoxy) is 1. The lowest BCUT2D eigenvalue weighted by molar-refractivity contribution is -0.134. The molecule has 2 aliphatic heterocycles. The monoisotopic (exact) mass is 378 g/mol. The molecule has 148 valence electrons. The van der Waals surface area contributed by atoms with Crippen LogP contribution in [-0.4, -0.2) is 36.5 Å². The first-order valence-electron chi connectivity index (χ1n) is 10.6. The molecule has 0 spiro atoms. The van der Waals surface area contributed by atoms with E-state index in [9.17, 15) is 4.79 Å². The van der Waals surface area contributed by atoms with E-state index in [1.165, 1.54) is 11.1 Å². The molecule has 2 heterocycles. The molecular weight excluding hydrogens is 348 g/mol. The zero-order valence-corrected chi connectivity index (χ0v) is 16.7. The van der Waals surface area contributed by atoms with Crippen molar-refractivity contribution < 1.29 is 9.53 Å². The highest BCUT2D eigenvalue weighted by Gasteiger charge is 2.28.